The van der Waals surface area contributed by atoms with Gasteiger partial charge >= 0.3 is 0 Å². The van der Waals surface area contributed by atoms with E-state index in [1.807, 2.05) is 18.2 Å². The first kappa shape index (κ1) is 13.9. The number of nitrogens with two attached hydrogens (primary N) is 1. The Balaban J connectivity index is 2.08. The summed E-state index contributed by atoms with van der Waals surface area (Å²) in [5.74, 6) is -0.181. The van der Waals surface area contributed by atoms with Crippen LogP contribution in [0, 0.1) is 0 Å². The molecule has 0 aliphatic heterocycles. The third-order valence-electron chi connectivity index (χ3n) is 2.62. The minimum absolute atomic E-state index is 0.181. The smallest absolute Gasteiger partial charge is 0.252 e. The predicted molar refractivity (Wildman–Crippen MR) is 81.2 cm³/mol. The number of benzene rings is 2. The summed E-state index contributed by atoms with van der Waals surface area (Å²) in [7, 11) is 0. The normalized spacial score (nSPS) is 10.2. The van der Waals surface area contributed by atoms with Crippen LogP contribution in [0.2, 0.25) is 5.02 Å². The van der Waals surface area contributed by atoms with Crippen molar-refractivity contribution in [1.82, 2.24) is 5.32 Å². The molecule has 0 spiro atoms. The van der Waals surface area contributed by atoms with Crippen LogP contribution in [0.25, 0.3) is 0 Å². The number of anilines is 1. The van der Waals surface area contributed by atoms with Gasteiger partial charge in [-0.05, 0) is 45.8 Å². The zero-order valence-corrected chi connectivity index (χ0v) is 12.3. The lowest BCUT2D eigenvalue weighted by atomic mass is 10.1. The summed E-state index contributed by atoms with van der Waals surface area (Å²) in [6.07, 6.45) is 0. The fraction of sp³-hybridized carbons (Fsp3) is 0.0714. The predicted octanol–water partition coefficient (Wildman–Crippen LogP) is 3.61. The van der Waals surface area contributed by atoms with Gasteiger partial charge in [0.25, 0.3) is 5.91 Å². The molecular weight excluding hydrogens is 328 g/mol. The van der Waals surface area contributed by atoms with Crippen LogP contribution in [-0.4, -0.2) is 5.91 Å². The molecule has 2 aromatic rings. The van der Waals surface area contributed by atoms with E-state index in [1.165, 1.54) is 0 Å². The van der Waals surface area contributed by atoms with Gasteiger partial charge in [0, 0.05) is 17.3 Å². The van der Waals surface area contributed by atoms with E-state index in [2.05, 4.69) is 21.2 Å². The second-order valence-electron chi connectivity index (χ2n) is 4.02. The summed E-state index contributed by atoms with van der Waals surface area (Å²) in [6.45, 7) is 0.417. The van der Waals surface area contributed by atoms with Crippen LogP contribution in [0.1, 0.15) is 15.9 Å². The summed E-state index contributed by atoms with van der Waals surface area (Å²) in [6, 6.07) is 12.6. The number of hydrogen-bond acceptors (Lipinski definition) is 2. The molecule has 0 saturated heterocycles. The summed E-state index contributed by atoms with van der Waals surface area (Å²) in [4.78, 5) is 12.0. The molecule has 0 atom stereocenters. The van der Waals surface area contributed by atoms with Crippen molar-refractivity contribution >= 4 is 39.1 Å². The molecule has 2 aromatic carbocycles. The van der Waals surface area contributed by atoms with Crippen molar-refractivity contribution in [3.8, 4) is 0 Å². The molecule has 0 saturated carbocycles. The van der Waals surface area contributed by atoms with Crippen LogP contribution in [0.15, 0.2) is 46.9 Å². The van der Waals surface area contributed by atoms with E-state index >= 15 is 0 Å². The Labute approximate surface area is 124 Å². The second-order valence-corrected chi connectivity index (χ2v) is 5.25. The SMILES string of the molecule is Nc1cccc(C(=O)NCc2cccc(Cl)c2)c1Br. The highest BCUT2D eigenvalue weighted by molar-refractivity contribution is 9.10. The summed E-state index contributed by atoms with van der Waals surface area (Å²) >= 11 is 9.20. The molecule has 5 heteroatoms. The van der Waals surface area contributed by atoms with E-state index in [0.717, 1.165) is 5.56 Å². The molecule has 0 aliphatic carbocycles. The van der Waals surface area contributed by atoms with Crippen LogP contribution in [-0.2, 0) is 6.54 Å². The highest BCUT2D eigenvalue weighted by atomic mass is 79.9. The van der Waals surface area contributed by atoms with E-state index in [9.17, 15) is 4.79 Å². The third kappa shape index (κ3) is 3.49. The Morgan fingerprint density at radius 1 is 1.26 bits per heavy atom. The van der Waals surface area contributed by atoms with E-state index in [1.54, 1.807) is 24.3 Å². The average molecular weight is 340 g/mol. The zero-order valence-electron chi connectivity index (χ0n) is 9.99. The molecule has 0 radical (unpaired) electrons. The van der Waals surface area contributed by atoms with Gasteiger partial charge in [-0.1, -0.05) is 29.8 Å². The first-order chi connectivity index (χ1) is 9.08. The summed E-state index contributed by atoms with van der Waals surface area (Å²) in [5, 5.41) is 3.48. The molecule has 2 rings (SSSR count). The lowest BCUT2D eigenvalue weighted by Crippen LogP contribution is -2.23. The minimum Gasteiger partial charge on any atom is -0.398 e. The number of carbonyl (C=O) groups excluding carboxylic acids is 1. The van der Waals surface area contributed by atoms with Crippen LogP contribution in [0.4, 0.5) is 5.69 Å². The minimum atomic E-state index is -0.181. The first-order valence-corrected chi connectivity index (χ1v) is 6.81. The van der Waals surface area contributed by atoms with Crippen LogP contribution < -0.4 is 11.1 Å². The van der Waals surface area contributed by atoms with Gasteiger partial charge in [-0.25, -0.2) is 0 Å². The molecule has 0 fully saturated rings. The van der Waals surface area contributed by atoms with Gasteiger partial charge in [0.15, 0.2) is 0 Å². The second kappa shape index (κ2) is 6.08. The van der Waals surface area contributed by atoms with Crippen molar-refractivity contribution in [2.45, 2.75) is 6.54 Å². The molecule has 0 heterocycles. The van der Waals surface area contributed by atoms with Gasteiger partial charge in [-0.3, -0.25) is 4.79 Å². The fourth-order valence-electron chi connectivity index (χ4n) is 1.65. The fourth-order valence-corrected chi connectivity index (χ4v) is 2.31. The number of hydrogen-bond donors (Lipinski definition) is 2. The van der Waals surface area contributed by atoms with Gasteiger partial charge in [0.2, 0.25) is 0 Å². The zero-order chi connectivity index (χ0) is 13.8. The lowest BCUT2D eigenvalue weighted by molar-refractivity contribution is 0.0950. The summed E-state index contributed by atoms with van der Waals surface area (Å²) in [5.41, 5.74) is 7.74. The Hall–Kier alpha value is -1.52. The maximum Gasteiger partial charge on any atom is 0.252 e. The van der Waals surface area contributed by atoms with E-state index in [-0.39, 0.29) is 5.91 Å². The maximum absolute atomic E-state index is 12.0. The van der Waals surface area contributed by atoms with Gasteiger partial charge in [0.05, 0.1) is 10.0 Å². The van der Waals surface area contributed by atoms with Gasteiger partial charge < -0.3 is 11.1 Å². The number of nitrogens with one attached hydrogen (secondary N) is 1. The highest BCUT2D eigenvalue weighted by Gasteiger charge is 2.11. The molecule has 0 aliphatic rings. The van der Waals surface area contributed by atoms with Crippen LogP contribution in [0.5, 0.6) is 0 Å². The standard InChI is InChI=1S/C14H12BrClN2O/c15-13-11(5-2-6-12(13)17)14(19)18-8-9-3-1-4-10(16)7-9/h1-7H,8,17H2,(H,18,19). The van der Waals surface area contributed by atoms with Crippen molar-refractivity contribution in [3.05, 3.63) is 63.1 Å². The van der Waals surface area contributed by atoms with Gasteiger partial charge in [-0.2, -0.15) is 0 Å². The molecule has 3 nitrogen and oxygen atoms in total. The lowest BCUT2D eigenvalue weighted by Gasteiger charge is -2.08. The Morgan fingerprint density at radius 2 is 2.00 bits per heavy atom. The monoisotopic (exact) mass is 338 g/mol. The average Bonchev–Trinajstić information content (AvgIpc) is 2.39. The molecule has 98 valence electrons. The molecule has 19 heavy (non-hydrogen) atoms. The largest absolute Gasteiger partial charge is 0.398 e. The molecule has 0 unspecified atom stereocenters. The number of rotatable bonds is 3. The van der Waals surface area contributed by atoms with Gasteiger partial charge in [-0.15, -0.1) is 0 Å². The first-order valence-electron chi connectivity index (χ1n) is 5.64. The molecule has 1 amide bonds. The number of amides is 1. The van der Waals surface area contributed by atoms with Crippen molar-refractivity contribution in [2.75, 3.05) is 5.73 Å². The number of halogens is 2. The third-order valence-corrected chi connectivity index (χ3v) is 3.74. The Kier molecular flexibility index (Phi) is 4.45. The number of carbonyl (C=O) groups is 1. The van der Waals surface area contributed by atoms with Crippen molar-refractivity contribution in [2.24, 2.45) is 0 Å². The topological polar surface area (TPSA) is 55.1 Å². The molecule has 0 aromatic heterocycles. The highest BCUT2D eigenvalue weighted by Crippen LogP contribution is 2.23. The number of nitrogen functional groups attached to an aromatic ring is 1. The molecular formula is C14H12BrClN2O. The van der Waals surface area contributed by atoms with E-state index in [0.29, 0.717) is 27.3 Å². The van der Waals surface area contributed by atoms with Crippen molar-refractivity contribution < 1.29 is 4.79 Å². The van der Waals surface area contributed by atoms with Crippen molar-refractivity contribution in [3.63, 3.8) is 0 Å². The van der Waals surface area contributed by atoms with Crippen LogP contribution in [0.3, 0.4) is 0 Å². The van der Waals surface area contributed by atoms with Gasteiger partial charge in [0.1, 0.15) is 0 Å². The Morgan fingerprint density at radius 3 is 2.74 bits per heavy atom. The maximum atomic E-state index is 12.0. The van der Waals surface area contributed by atoms with E-state index in [4.69, 9.17) is 17.3 Å². The Bertz CT molecular complexity index is 616. The molecule has 0 bridgehead atoms. The summed E-state index contributed by atoms with van der Waals surface area (Å²) < 4.78 is 0.610. The quantitative estimate of drug-likeness (QED) is 0.839. The van der Waals surface area contributed by atoms with Crippen molar-refractivity contribution in [1.29, 1.82) is 0 Å². The van der Waals surface area contributed by atoms with E-state index < -0.39 is 0 Å². The van der Waals surface area contributed by atoms with Crippen LogP contribution >= 0.6 is 27.5 Å². The molecule has 3 N–H and O–H groups in total.